The number of sulfone groups is 1. The second kappa shape index (κ2) is 7.02. The number of nitrogens with zero attached hydrogens (tertiary/aromatic N) is 1. The molecule has 1 N–H and O–H groups in total. The third-order valence-corrected chi connectivity index (χ3v) is 5.24. The van der Waals surface area contributed by atoms with E-state index in [-0.39, 0.29) is 30.0 Å². The van der Waals surface area contributed by atoms with E-state index in [1.165, 1.54) is 0 Å². The van der Waals surface area contributed by atoms with E-state index in [9.17, 15) is 13.2 Å². The Morgan fingerprint density at radius 2 is 2.10 bits per heavy atom. The Labute approximate surface area is 125 Å². The predicted molar refractivity (Wildman–Crippen MR) is 79.1 cm³/mol. The van der Waals surface area contributed by atoms with E-state index in [4.69, 9.17) is 4.84 Å². The fourth-order valence-electron chi connectivity index (χ4n) is 2.29. The smallest absolute Gasteiger partial charge is 0.257 e. The maximum atomic E-state index is 11.7. The molecule has 1 amide bonds. The van der Waals surface area contributed by atoms with Gasteiger partial charge in [-0.05, 0) is 19.0 Å². The van der Waals surface area contributed by atoms with E-state index in [0.29, 0.717) is 13.0 Å². The van der Waals surface area contributed by atoms with Crippen molar-refractivity contribution in [1.82, 2.24) is 10.4 Å². The lowest BCUT2D eigenvalue weighted by Crippen LogP contribution is -2.41. The van der Waals surface area contributed by atoms with Gasteiger partial charge in [0.1, 0.15) is 0 Å². The summed E-state index contributed by atoms with van der Waals surface area (Å²) in [6, 6.07) is 9.43. The standard InChI is InChI=1S/C14H20N2O4S/c1-16(13-7-8-21(18,19)11-13)9-14(17)15-20-10-12-5-3-2-4-6-12/h2-6,13H,7-11H2,1H3,(H,15,17). The van der Waals surface area contributed by atoms with Gasteiger partial charge in [0.25, 0.3) is 5.91 Å². The number of rotatable bonds is 6. The summed E-state index contributed by atoms with van der Waals surface area (Å²) in [5, 5.41) is 0. The van der Waals surface area contributed by atoms with Gasteiger partial charge in [0.15, 0.2) is 9.84 Å². The zero-order valence-electron chi connectivity index (χ0n) is 12.0. The Morgan fingerprint density at radius 3 is 2.71 bits per heavy atom. The SMILES string of the molecule is CN(CC(=O)NOCc1ccccc1)C1CCS(=O)(=O)C1. The summed E-state index contributed by atoms with van der Waals surface area (Å²) >= 11 is 0. The number of hydrogen-bond donors (Lipinski definition) is 1. The van der Waals surface area contributed by atoms with E-state index in [1.54, 1.807) is 11.9 Å². The number of benzene rings is 1. The molecule has 1 saturated heterocycles. The molecule has 21 heavy (non-hydrogen) atoms. The lowest BCUT2D eigenvalue weighted by atomic mass is 10.2. The number of carbonyl (C=O) groups excluding carboxylic acids is 1. The second-order valence-electron chi connectivity index (χ2n) is 5.27. The van der Waals surface area contributed by atoms with Crippen LogP contribution in [0.4, 0.5) is 0 Å². The molecule has 1 aromatic carbocycles. The van der Waals surface area contributed by atoms with Gasteiger partial charge < -0.3 is 0 Å². The van der Waals surface area contributed by atoms with Crippen LogP contribution in [0.15, 0.2) is 30.3 Å². The van der Waals surface area contributed by atoms with Crippen molar-refractivity contribution in [3.63, 3.8) is 0 Å². The zero-order chi connectivity index (χ0) is 15.3. The van der Waals surface area contributed by atoms with Crippen LogP contribution in [-0.2, 0) is 26.1 Å². The summed E-state index contributed by atoms with van der Waals surface area (Å²) in [7, 11) is -1.18. The van der Waals surface area contributed by atoms with Gasteiger partial charge in [0.05, 0.1) is 24.7 Å². The van der Waals surface area contributed by atoms with Crippen LogP contribution in [0.1, 0.15) is 12.0 Å². The molecule has 0 aromatic heterocycles. The monoisotopic (exact) mass is 312 g/mol. The number of carbonyl (C=O) groups is 1. The number of likely N-dealkylation sites (N-methyl/N-ethyl adjacent to an activating group) is 1. The molecule has 1 fully saturated rings. The summed E-state index contributed by atoms with van der Waals surface area (Å²) in [5.41, 5.74) is 3.34. The van der Waals surface area contributed by atoms with Gasteiger partial charge in [-0.2, -0.15) is 0 Å². The van der Waals surface area contributed by atoms with Crippen molar-refractivity contribution in [3.05, 3.63) is 35.9 Å². The molecule has 1 atom stereocenters. The maximum Gasteiger partial charge on any atom is 0.257 e. The van der Waals surface area contributed by atoms with Crippen molar-refractivity contribution < 1.29 is 18.0 Å². The van der Waals surface area contributed by atoms with E-state index in [1.807, 2.05) is 30.3 Å². The molecule has 6 nitrogen and oxygen atoms in total. The largest absolute Gasteiger partial charge is 0.293 e. The third kappa shape index (κ3) is 5.11. The Hall–Kier alpha value is -1.44. The first-order valence-electron chi connectivity index (χ1n) is 6.81. The summed E-state index contributed by atoms with van der Waals surface area (Å²) < 4.78 is 22.8. The summed E-state index contributed by atoms with van der Waals surface area (Å²) in [6.45, 7) is 0.420. The molecule has 0 aliphatic carbocycles. The molecule has 0 radical (unpaired) electrons. The Kier molecular flexibility index (Phi) is 5.33. The van der Waals surface area contributed by atoms with Crippen molar-refractivity contribution in [2.24, 2.45) is 0 Å². The normalized spacial score (nSPS) is 20.6. The molecule has 1 aromatic rings. The molecule has 1 aliphatic heterocycles. The van der Waals surface area contributed by atoms with Gasteiger partial charge in [0, 0.05) is 6.04 Å². The van der Waals surface area contributed by atoms with Gasteiger partial charge in [-0.25, -0.2) is 13.9 Å². The zero-order valence-corrected chi connectivity index (χ0v) is 12.8. The molecule has 2 rings (SSSR count). The number of hydrogen-bond acceptors (Lipinski definition) is 5. The molecule has 7 heteroatoms. The maximum absolute atomic E-state index is 11.7. The van der Waals surface area contributed by atoms with Crippen LogP contribution >= 0.6 is 0 Å². The average Bonchev–Trinajstić information content (AvgIpc) is 2.80. The summed E-state index contributed by atoms with van der Waals surface area (Å²) in [4.78, 5) is 18.6. The highest BCUT2D eigenvalue weighted by Crippen LogP contribution is 2.15. The number of nitrogens with one attached hydrogen (secondary N) is 1. The van der Waals surface area contributed by atoms with Crippen LogP contribution in [0.25, 0.3) is 0 Å². The fourth-order valence-corrected chi connectivity index (χ4v) is 4.09. The lowest BCUT2D eigenvalue weighted by molar-refractivity contribution is -0.135. The molecule has 0 spiro atoms. The Balaban J connectivity index is 1.70. The Bertz CT molecular complexity index is 574. The predicted octanol–water partition coefficient (Wildman–Crippen LogP) is 0.353. The third-order valence-electron chi connectivity index (χ3n) is 3.49. The summed E-state index contributed by atoms with van der Waals surface area (Å²) in [6.07, 6.45) is 0.580. The van der Waals surface area contributed by atoms with Crippen LogP contribution < -0.4 is 5.48 Å². The molecule has 1 aliphatic rings. The van der Waals surface area contributed by atoms with Crippen molar-refractivity contribution >= 4 is 15.7 Å². The fraction of sp³-hybridized carbons (Fsp3) is 0.500. The average molecular weight is 312 g/mol. The molecular weight excluding hydrogens is 292 g/mol. The highest BCUT2D eigenvalue weighted by molar-refractivity contribution is 7.91. The van der Waals surface area contributed by atoms with Crippen LogP contribution in [0.5, 0.6) is 0 Å². The van der Waals surface area contributed by atoms with Gasteiger partial charge in [-0.15, -0.1) is 0 Å². The second-order valence-corrected chi connectivity index (χ2v) is 7.50. The van der Waals surface area contributed by atoms with Crippen LogP contribution in [0, 0.1) is 0 Å². The first-order chi connectivity index (χ1) is 9.96. The van der Waals surface area contributed by atoms with Crippen LogP contribution in [-0.4, -0.2) is 50.4 Å². The minimum atomic E-state index is -2.93. The molecule has 1 unspecified atom stereocenters. The van der Waals surface area contributed by atoms with E-state index in [0.717, 1.165) is 5.56 Å². The molecule has 116 valence electrons. The van der Waals surface area contributed by atoms with Gasteiger partial charge in [0.2, 0.25) is 0 Å². The first-order valence-corrected chi connectivity index (χ1v) is 8.63. The molecular formula is C14H20N2O4S. The van der Waals surface area contributed by atoms with Crippen LogP contribution in [0.3, 0.4) is 0 Å². The Morgan fingerprint density at radius 1 is 1.38 bits per heavy atom. The molecule has 0 bridgehead atoms. The minimum Gasteiger partial charge on any atom is -0.293 e. The lowest BCUT2D eigenvalue weighted by Gasteiger charge is -2.22. The molecule has 0 saturated carbocycles. The van der Waals surface area contributed by atoms with Crippen LogP contribution in [0.2, 0.25) is 0 Å². The number of hydroxylamine groups is 1. The first kappa shape index (κ1) is 15.9. The summed E-state index contributed by atoms with van der Waals surface area (Å²) in [5.74, 6) is 0.0493. The van der Waals surface area contributed by atoms with Gasteiger partial charge in [-0.1, -0.05) is 30.3 Å². The van der Waals surface area contributed by atoms with Gasteiger partial charge >= 0.3 is 0 Å². The van der Waals surface area contributed by atoms with Gasteiger partial charge in [-0.3, -0.25) is 14.5 Å². The van der Waals surface area contributed by atoms with Crippen molar-refractivity contribution in [2.75, 3.05) is 25.1 Å². The topological polar surface area (TPSA) is 75.7 Å². The van der Waals surface area contributed by atoms with E-state index < -0.39 is 9.84 Å². The van der Waals surface area contributed by atoms with E-state index >= 15 is 0 Å². The highest BCUT2D eigenvalue weighted by Gasteiger charge is 2.31. The van der Waals surface area contributed by atoms with Crippen molar-refractivity contribution in [3.8, 4) is 0 Å². The minimum absolute atomic E-state index is 0.0881. The molecule has 1 heterocycles. The number of amides is 1. The quantitative estimate of drug-likeness (QED) is 0.767. The van der Waals surface area contributed by atoms with Crippen molar-refractivity contribution in [2.45, 2.75) is 19.1 Å². The van der Waals surface area contributed by atoms with Crippen molar-refractivity contribution in [1.29, 1.82) is 0 Å². The highest BCUT2D eigenvalue weighted by atomic mass is 32.2. The van der Waals surface area contributed by atoms with E-state index in [2.05, 4.69) is 5.48 Å².